The van der Waals surface area contributed by atoms with E-state index in [1.165, 1.54) is 6.07 Å². The summed E-state index contributed by atoms with van der Waals surface area (Å²) in [5.74, 6) is -0.698. The van der Waals surface area contributed by atoms with Gasteiger partial charge < -0.3 is 10.8 Å². The second-order valence-corrected chi connectivity index (χ2v) is 6.42. The van der Waals surface area contributed by atoms with E-state index in [-0.39, 0.29) is 23.1 Å². The van der Waals surface area contributed by atoms with Gasteiger partial charge in [0.05, 0.1) is 4.90 Å². The third-order valence-electron chi connectivity index (χ3n) is 2.76. The third-order valence-corrected chi connectivity index (χ3v) is 4.22. The Balaban J connectivity index is 3.03. The average Bonchev–Trinajstić information content (AvgIpc) is 2.26. The predicted molar refractivity (Wildman–Crippen MR) is 71.5 cm³/mol. The molecule has 1 unspecified atom stereocenters. The summed E-state index contributed by atoms with van der Waals surface area (Å²) in [6.45, 7) is 3.54. The number of nitrogens with two attached hydrogens (primary N) is 1. The van der Waals surface area contributed by atoms with Gasteiger partial charge in [-0.3, -0.25) is 0 Å². The first kappa shape index (κ1) is 15.9. The van der Waals surface area contributed by atoms with Crippen LogP contribution in [0.25, 0.3) is 0 Å². The smallest absolute Gasteiger partial charge is 0.241 e. The van der Waals surface area contributed by atoms with Gasteiger partial charge in [-0.1, -0.05) is 13.8 Å². The van der Waals surface area contributed by atoms with Gasteiger partial charge >= 0.3 is 0 Å². The summed E-state index contributed by atoms with van der Waals surface area (Å²) in [4.78, 5) is -0.214. The van der Waals surface area contributed by atoms with Crippen molar-refractivity contribution in [2.75, 3.05) is 12.3 Å². The second kappa shape index (κ2) is 6.31. The van der Waals surface area contributed by atoms with Gasteiger partial charge in [0.2, 0.25) is 10.0 Å². The second-order valence-electron chi connectivity index (χ2n) is 4.70. The molecule has 1 aromatic carbocycles. The van der Waals surface area contributed by atoms with Crippen molar-refractivity contribution in [1.82, 2.24) is 4.72 Å². The van der Waals surface area contributed by atoms with Gasteiger partial charge in [-0.15, -0.1) is 0 Å². The van der Waals surface area contributed by atoms with E-state index in [0.29, 0.717) is 6.42 Å². The van der Waals surface area contributed by atoms with Crippen molar-refractivity contribution in [1.29, 1.82) is 0 Å². The van der Waals surface area contributed by atoms with Crippen molar-refractivity contribution in [2.45, 2.75) is 31.2 Å². The number of benzene rings is 1. The van der Waals surface area contributed by atoms with Crippen LogP contribution in [0, 0.1) is 11.7 Å². The van der Waals surface area contributed by atoms with Crippen molar-refractivity contribution in [2.24, 2.45) is 5.92 Å². The first-order valence-electron chi connectivity index (χ1n) is 5.95. The molecule has 0 amide bonds. The molecule has 7 heteroatoms. The highest BCUT2D eigenvalue weighted by Crippen LogP contribution is 2.17. The number of sulfonamides is 1. The van der Waals surface area contributed by atoms with Crippen molar-refractivity contribution in [3.63, 3.8) is 0 Å². The van der Waals surface area contributed by atoms with E-state index in [4.69, 9.17) is 10.8 Å². The van der Waals surface area contributed by atoms with Crippen LogP contribution in [0.15, 0.2) is 23.1 Å². The zero-order valence-electron chi connectivity index (χ0n) is 10.9. The molecule has 0 aliphatic heterocycles. The lowest BCUT2D eigenvalue weighted by molar-refractivity contribution is 0.256. The molecule has 0 radical (unpaired) electrons. The number of aliphatic hydroxyl groups is 1. The minimum atomic E-state index is -3.85. The van der Waals surface area contributed by atoms with E-state index in [2.05, 4.69) is 4.72 Å². The number of hydrogen-bond acceptors (Lipinski definition) is 4. The summed E-state index contributed by atoms with van der Waals surface area (Å²) in [5.41, 5.74) is 5.48. The number of aliphatic hydroxyl groups excluding tert-OH is 1. The van der Waals surface area contributed by atoms with Crippen molar-refractivity contribution in [3.8, 4) is 0 Å². The van der Waals surface area contributed by atoms with Crippen LogP contribution in [0.5, 0.6) is 0 Å². The summed E-state index contributed by atoms with van der Waals surface area (Å²) in [5, 5.41) is 8.93. The SMILES string of the molecule is CC(C)C(CCO)NS(=O)(=O)c1cc(N)cc(F)c1. The highest BCUT2D eigenvalue weighted by atomic mass is 32.2. The molecule has 5 nitrogen and oxygen atoms in total. The zero-order chi connectivity index (χ0) is 14.6. The Morgan fingerprint density at radius 2 is 2.00 bits per heavy atom. The zero-order valence-corrected chi connectivity index (χ0v) is 11.7. The van der Waals surface area contributed by atoms with Gasteiger partial charge in [0.1, 0.15) is 5.82 Å². The lowest BCUT2D eigenvalue weighted by atomic mass is 10.0. The maximum atomic E-state index is 13.2. The van der Waals surface area contributed by atoms with Crippen LogP contribution >= 0.6 is 0 Å². The quantitative estimate of drug-likeness (QED) is 0.684. The van der Waals surface area contributed by atoms with Crippen molar-refractivity contribution in [3.05, 3.63) is 24.0 Å². The van der Waals surface area contributed by atoms with Gasteiger partial charge in [0.25, 0.3) is 0 Å². The van der Waals surface area contributed by atoms with E-state index < -0.39 is 21.9 Å². The van der Waals surface area contributed by atoms with E-state index in [9.17, 15) is 12.8 Å². The van der Waals surface area contributed by atoms with Gasteiger partial charge in [0.15, 0.2) is 0 Å². The highest BCUT2D eigenvalue weighted by Gasteiger charge is 2.22. The fraction of sp³-hybridized carbons (Fsp3) is 0.500. The number of rotatable bonds is 6. The van der Waals surface area contributed by atoms with E-state index in [0.717, 1.165) is 12.1 Å². The maximum Gasteiger partial charge on any atom is 0.241 e. The first-order chi connectivity index (χ1) is 8.76. The number of halogens is 1. The molecule has 0 bridgehead atoms. The topological polar surface area (TPSA) is 92.4 Å². The van der Waals surface area contributed by atoms with Crippen LogP contribution in [0.2, 0.25) is 0 Å². The van der Waals surface area contributed by atoms with Crippen LogP contribution in [-0.4, -0.2) is 26.2 Å². The summed E-state index contributed by atoms with van der Waals surface area (Å²) >= 11 is 0. The molecular formula is C12H19FN2O3S. The molecule has 0 saturated heterocycles. The molecule has 4 N–H and O–H groups in total. The molecule has 0 saturated carbocycles. The molecule has 1 atom stereocenters. The Bertz CT molecular complexity index is 512. The summed E-state index contributed by atoms with van der Waals surface area (Å²) in [6, 6.07) is 2.74. The Labute approximate surface area is 112 Å². The molecule has 0 spiro atoms. The summed E-state index contributed by atoms with van der Waals surface area (Å²) in [7, 11) is -3.85. The molecule has 0 aliphatic carbocycles. The normalized spacial score (nSPS) is 13.7. The maximum absolute atomic E-state index is 13.2. The minimum absolute atomic E-state index is 0.00725. The number of anilines is 1. The standard InChI is InChI=1S/C12H19FN2O3S/c1-8(2)12(3-4-16)15-19(17,18)11-6-9(13)5-10(14)7-11/h5-8,12,15-16H,3-4,14H2,1-2H3. The Morgan fingerprint density at radius 1 is 1.37 bits per heavy atom. The third kappa shape index (κ3) is 4.45. The van der Waals surface area contributed by atoms with Crippen LogP contribution in [0.3, 0.4) is 0 Å². The number of hydrogen-bond donors (Lipinski definition) is 3. The monoisotopic (exact) mass is 290 g/mol. The molecule has 0 aliphatic rings. The molecule has 0 aromatic heterocycles. The van der Waals surface area contributed by atoms with Crippen LogP contribution in [-0.2, 0) is 10.0 Å². The molecule has 1 rings (SSSR count). The van der Waals surface area contributed by atoms with Crippen LogP contribution in [0.4, 0.5) is 10.1 Å². The van der Waals surface area contributed by atoms with Gasteiger partial charge in [-0.05, 0) is 30.5 Å². The number of nitrogen functional groups attached to an aromatic ring is 1. The van der Waals surface area contributed by atoms with Gasteiger partial charge in [0, 0.05) is 18.3 Å². The van der Waals surface area contributed by atoms with E-state index in [1.807, 2.05) is 13.8 Å². The first-order valence-corrected chi connectivity index (χ1v) is 7.44. The Hall–Kier alpha value is -1.18. The molecule has 108 valence electrons. The minimum Gasteiger partial charge on any atom is -0.399 e. The number of nitrogens with one attached hydrogen (secondary N) is 1. The van der Waals surface area contributed by atoms with Crippen molar-refractivity contribution >= 4 is 15.7 Å². The molecular weight excluding hydrogens is 271 g/mol. The predicted octanol–water partition coefficient (Wildman–Crippen LogP) is 1.09. The Kier molecular flexibility index (Phi) is 5.28. The molecule has 0 fully saturated rings. The van der Waals surface area contributed by atoms with Crippen LogP contribution in [0.1, 0.15) is 20.3 Å². The van der Waals surface area contributed by atoms with Gasteiger partial charge in [-0.25, -0.2) is 17.5 Å². The highest BCUT2D eigenvalue weighted by molar-refractivity contribution is 7.89. The molecule has 0 heterocycles. The molecule has 19 heavy (non-hydrogen) atoms. The Morgan fingerprint density at radius 3 is 2.47 bits per heavy atom. The largest absolute Gasteiger partial charge is 0.399 e. The average molecular weight is 290 g/mol. The summed E-state index contributed by atoms with van der Waals surface area (Å²) < 4.78 is 39.9. The lowest BCUT2D eigenvalue weighted by Gasteiger charge is -2.21. The lowest BCUT2D eigenvalue weighted by Crippen LogP contribution is -2.39. The van der Waals surface area contributed by atoms with E-state index in [1.54, 1.807) is 0 Å². The molecule has 1 aromatic rings. The fourth-order valence-electron chi connectivity index (χ4n) is 1.67. The van der Waals surface area contributed by atoms with Crippen LogP contribution < -0.4 is 10.5 Å². The summed E-state index contributed by atoms with van der Waals surface area (Å²) in [6.07, 6.45) is 0.293. The van der Waals surface area contributed by atoms with E-state index >= 15 is 0 Å². The van der Waals surface area contributed by atoms with Crippen molar-refractivity contribution < 1.29 is 17.9 Å². The van der Waals surface area contributed by atoms with Gasteiger partial charge in [-0.2, -0.15) is 0 Å². The fourth-order valence-corrected chi connectivity index (χ4v) is 3.16.